The van der Waals surface area contributed by atoms with Crippen molar-refractivity contribution in [1.29, 1.82) is 0 Å². The fourth-order valence-corrected chi connectivity index (χ4v) is 2.91. The van der Waals surface area contributed by atoms with Crippen molar-refractivity contribution in [3.05, 3.63) is 46.5 Å². The smallest absolute Gasteiger partial charge is 0.251 e. The van der Waals surface area contributed by atoms with Crippen LogP contribution in [0.4, 0.5) is 0 Å². The normalized spacial score (nSPS) is 14.3. The monoisotopic (exact) mass is 298 g/mol. The Hall–Kier alpha value is -2.17. The van der Waals surface area contributed by atoms with Crippen molar-refractivity contribution in [1.82, 2.24) is 20.1 Å². The number of carbonyl (C=O) groups is 1. The fourth-order valence-electron chi connectivity index (χ4n) is 2.91. The first-order chi connectivity index (χ1) is 10.6. The maximum Gasteiger partial charge on any atom is 0.251 e. The van der Waals surface area contributed by atoms with Crippen molar-refractivity contribution in [3.8, 4) is 0 Å². The molecule has 1 aliphatic rings. The number of rotatable bonds is 3. The predicted octanol–water partition coefficient (Wildman–Crippen LogP) is 2.55. The molecule has 0 unspecified atom stereocenters. The molecule has 116 valence electrons. The van der Waals surface area contributed by atoms with E-state index in [1.54, 1.807) is 0 Å². The molecular formula is C17H22N4O. The van der Waals surface area contributed by atoms with Gasteiger partial charge in [-0.1, -0.05) is 24.1 Å². The summed E-state index contributed by atoms with van der Waals surface area (Å²) in [6.07, 6.45) is 4.55. The average molecular weight is 298 g/mol. The Bertz CT molecular complexity index is 690. The van der Waals surface area contributed by atoms with Gasteiger partial charge in [0.15, 0.2) is 5.82 Å². The minimum absolute atomic E-state index is 0.0489. The van der Waals surface area contributed by atoms with Gasteiger partial charge in [0.1, 0.15) is 5.82 Å². The molecule has 1 amide bonds. The number of benzene rings is 1. The maximum atomic E-state index is 12.4. The van der Waals surface area contributed by atoms with Gasteiger partial charge < -0.3 is 9.88 Å². The molecule has 0 bridgehead atoms. The molecule has 22 heavy (non-hydrogen) atoms. The molecule has 5 heteroatoms. The standard InChI is InChI=1S/C17H22N4O/c1-12-7-8-13(2)14(10-12)17(22)18-11-16-20-19-15-6-4-3-5-9-21(15)16/h7-8,10H,3-6,9,11H2,1-2H3,(H,18,22). The van der Waals surface area contributed by atoms with Crippen LogP contribution >= 0.6 is 0 Å². The molecule has 0 aliphatic carbocycles. The summed E-state index contributed by atoms with van der Waals surface area (Å²) in [4.78, 5) is 12.4. The molecule has 0 saturated carbocycles. The molecule has 1 N–H and O–H groups in total. The van der Waals surface area contributed by atoms with Gasteiger partial charge in [-0.25, -0.2) is 0 Å². The van der Waals surface area contributed by atoms with Crippen LogP contribution in [0.1, 0.15) is 52.4 Å². The number of hydrogen-bond acceptors (Lipinski definition) is 3. The number of aromatic nitrogens is 3. The third-order valence-electron chi connectivity index (χ3n) is 4.23. The van der Waals surface area contributed by atoms with E-state index >= 15 is 0 Å². The SMILES string of the molecule is Cc1ccc(C)c(C(=O)NCc2nnc3n2CCCCC3)c1. The van der Waals surface area contributed by atoms with Crippen molar-refractivity contribution in [2.75, 3.05) is 0 Å². The molecule has 0 spiro atoms. The van der Waals surface area contributed by atoms with Gasteiger partial charge in [-0.05, 0) is 38.3 Å². The number of nitrogens with one attached hydrogen (secondary N) is 1. The summed E-state index contributed by atoms with van der Waals surface area (Å²) in [5.74, 6) is 1.86. The van der Waals surface area contributed by atoms with Crippen LogP contribution in [0.3, 0.4) is 0 Å². The van der Waals surface area contributed by atoms with Crippen molar-refractivity contribution >= 4 is 5.91 Å². The summed E-state index contributed by atoms with van der Waals surface area (Å²) in [5.41, 5.74) is 2.81. The van der Waals surface area contributed by atoms with Gasteiger partial charge >= 0.3 is 0 Å². The molecule has 0 atom stereocenters. The van der Waals surface area contributed by atoms with Crippen LogP contribution in [-0.2, 0) is 19.5 Å². The number of hydrogen-bond donors (Lipinski definition) is 1. The van der Waals surface area contributed by atoms with Crippen LogP contribution in [0.2, 0.25) is 0 Å². The van der Waals surface area contributed by atoms with Crippen LogP contribution in [0.25, 0.3) is 0 Å². The summed E-state index contributed by atoms with van der Waals surface area (Å²) >= 11 is 0. The van der Waals surface area contributed by atoms with Crippen LogP contribution in [0.5, 0.6) is 0 Å². The fraction of sp³-hybridized carbons (Fsp3) is 0.471. The van der Waals surface area contributed by atoms with Crippen LogP contribution in [0.15, 0.2) is 18.2 Å². The van der Waals surface area contributed by atoms with Gasteiger partial charge in [0, 0.05) is 18.5 Å². The molecule has 3 rings (SSSR count). The quantitative estimate of drug-likeness (QED) is 0.947. The van der Waals surface area contributed by atoms with Crippen molar-refractivity contribution in [2.24, 2.45) is 0 Å². The minimum atomic E-state index is -0.0489. The van der Waals surface area contributed by atoms with Crippen LogP contribution in [0, 0.1) is 13.8 Å². The lowest BCUT2D eigenvalue weighted by Crippen LogP contribution is -2.25. The second-order valence-electron chi connectivity index (χ2n) is 6.00. The molecule has 0 fully saturated rings. The average Bonchev–Trinajstić information content (AvgIpc) is 2.74. The van der Waals surface area contributed by atoms with Gasteiger partial charge in [0.25, 0.3) is 5.91 Å². The lowest BCUT2D eigenvalue weighted by atomic mass is 10.1. The topological polar surface area (TPSA) is 59.8 Å². The van der Waals surface area contributed by atoms with E-state index in [4.69, 9.17) is 0 Å². The van der Waals surface area contributed by atoms with E-state index in [9.17, 15) is 4.79 Å². The summed E-state index contributed by atoms with van der Waals surface area (Å²) in [6, 6.07) is 5.92. The van der Waals surface area contributed by atoms with E-state index < -0.39 is 0 Å². The van der Waals surface area contributed by atoms with Gasteiger partial charge in [0.2, 0.25) is 0 Å². The Morgan fingerprint density at radius 3 is 2.95 bits per heavy atom. The zero-order valence-corrected chi connectivity index (χ0v) is 13.2. The van der Waals surface area contributed by atoms with E-state index in [0.717, 1.165) is 47.7 Å². The van der Waals surface area contributed by atoms with E-state index in [2.05, 4.69) is 20.1 Å². The lowest BCUT2D eigenvalue weighted by molar-refractivity contribution is 0.0948. The highest BCUT2D eigenvalue weighted by Gasteiger charge is 2.16. The number of carbonyl (C=O) groups excluding carboxylic acids is 1. The number of amides is 1. The van der Waals surface area contributed by atoms with Crippen molar-refractivity contribution in [2.45, 2.75) is 52.6 Å². The van der Waals surface area contributed by atoms with Gasteiger partial charge in [-0.15, -0.1) is 10.2 Å². The van der Waals surface area contributed by atoms with Gasteiger partial charge in [-0.2, -0.15) is 0 Å². The largest absolute Gasteiger partial charge is 0.345 e. The molecule has 0 radical (unpaired) electrons. The van der Waals surface area contributed by atoms with E-state index in [1.807, 2.05) is 32.0 Å². The zero-order valence-electron chi connectivity index (χ0n) is 13.2. The van der Waals surface area contributed by atoms with Crippen molar-refractivity contribution < 1.29 is 4.79 Å². The highest BCUT2D eigenvalue weighted by Crippen LogP contribution is 2.15. The molecule has 5 nitrogen and oxygen atoms in total. The van der Waals surface area contributed by atoms with E-state index in [-0.39, 0.29) is 5.91 Å². The van der Waals surface area contributed by atoms with Gasteiger partial charge in [0.05, 0.1) is 6.54 Å². The molecule has 1 aromatic heterocycles. The second-order valence-corrected chi connectivity index (χ2v) is 6.00. The zero-order chi connectivity index (χ0) is 15.5. The Morgan fingerprint density at radius 1 is 1.23 bits per heavy atom. The first kappa shape index (κ1) is 14.8. The van der Waals surface area contributed by atoms with Crippen molar-refractivity contribution in [3.63, 3.8) is 0 Å². The summed E-state index contributed by atoms with van der Waals surface area (Å²) in [5, 5.41) is 11.5. The summed E-state index contributed by atoms with van der Waals surface area (Å²) < 4.78 is 2.16. The molecule has 1 aliphatic heterocycles. The molecular weight excluding hydrogens is 276 g/mol. The lowest BCUT2D eigenvalue weighted by Gasteiger charge is -2.10. The Morgan fingerprint density at radius 2 is 2.09 bits per heavy atom. The third kappa shape index (κ3) is 3.03. The molecule has 1 aromatic carbocycles. The van der Waals surface area contributed by atoms with Gasteiger partial charge in [-0.3, -0.25) is 4.79 Å². The van der Waals surface area contributed by atoms with Crippen LogP contribution < -0.4 is 5.32 Å². The third-order valence-corrected chi connectivity index (χ3v) is 4.23. The Kier molecular flexibility index (Phi) is 4.22. The molecule has 0 saturated heterocycles. The number of aryl methyl sites for hydroxylation is 3. The number of fused-ring (bicyclic) bond motifs is 1. The van der Waals surface area contributed by atoms with E-state index in [0.29, 0.717) is 6.54 Å². The Labute approximate surface area is 130 Å². The highest BCUT2D eigenvalue weighted by molar-refractivity contribution is 5.95. The highest BCUT2D eigenvalue weighted by atomic mass is 16.1. The summed E-state index contributed by atoms with van der Waals surface area (Å²) in [6.45, 7) is 5.34. The minimum Gasteiger partial charge on any atom is -0.345 e. The first-order valence-corrected chi connectivity index (χ1v) is 7.91. The second kappa shape index (κ2) is 6.30. The summed E-state index contributed by atoms with van der Waals surface area (Å²) in [7, 11) is 0. The first-order valence-electron chi connectivity index (χ1n) is 7.91. The van der Waals surface area contributed by atoms with Crippen LogP contribution in [-0.4, -0.2) is 20.7 Å². The molecule has 2 aromatic rings. The number of nitrogens with zero attached hydrogens (tertiary/aromatic N) is 3. The van der Waals surface area contributed by atoms with E-state index in [1.165, 1.54) is 12.8 Å². The molecule has 2 heterocycles. The maximum absolute atomic E-state index is 12.4. The predicted molar refractivity (Wildman–Crippen MR) is 84.7 cm³/mol. The Balaban J connectivity index is 1.71.